The van der Waals surface area contributed by atoms with Gasteiger partial charge in [-0.25, -0.2) is 0 Å². The number of anilines is 1. The molecular weight excluding hydrogens is 416 g/mol. The van der Waals surface area contributed by atoms with E-state index in [0.29, 0.717) is 5.92 Å². The van der Waals surface area contributed by atoms with Crippen molar-refractivity contribution in [1.29, 1.82) is 0 Å². The first-order valence-electron chi connectivity index (χ1n) is 11.1. The number of hydrogen-bond acceptors (Lipinski definition) is 4. The molecule has 1 unspecified atom stereocenters. The summed E-state index contributed by atoms with van der Waals surface area (Å²) in [5.74, 6) is 0.498. The summed E-state index contributed by atoms with van der Waals surface area (Å²) in [6.07, 6.45) is 0.875. The minimum Gasteiger partial charge on any atom is -0.300 e. The Morgan fingerprint density at radius 1 is 1.09 bits per heavy atom. The van der Waals surface area contributed by atoms with Crippen LogP contribution >= 0.6 is 0 Å². The maximum absolute atomic E-state index is 10.9. The maximum Gasteiger partial charge on any atom is 0.303 e. The van der Waals surface area contributed by atoms with E-state index in [-0.39, 0.29) is 5.54 Å². The van der Waals surface area contributed by atoms with Crippen molar-refractivity contribution in [3.63, 3.8) is 0 Å². The Morgan fingerprint density at radius 3 is 2.34 bits per heavy atom. The van der Waals surface area contributed by atoms with E-state index >= 15 is 0 Å². The predicted octanol–water partition coefficient (Wildman–Crippen LogP) is 5.87. The maximum atomic E-state index is 10.9. The number of aryl methyl sites for hydroxylation is 1. The summed E-state index contributed by atoms with van der Waals surface area (Å²) < 4.78 is 16.1. The van der Waals surface area contributed by atoms with Crippen molar-refractivity contribution in [2.45, 2.75) is 51.5 Å². The average Bonchev–Trinajstić information content (AvgIpc) is 3.00. The fraction of sp³-hybridized carbons (Fsp3) is 0.423. The first kappa shape index (κ1) is 24.4. The Morgan fingerprint density at radius 2 is 1.75 bits per heavy atom. The molecular formula is C26H37N4OS+. The smallest absolute Gasteiger partial charge is 0.300 e. The molecule has 0 saturated heterocycles. The zero-order chi connectivity index (χ0) is 23.6. The molecule has 0 aliphatic rings. The van der Waals surface area contributed by atoms with Crippen molar-refractivity contribution in [1.82, 2.24) is 14.7 Å². The van der Waals surface area contributed by atoms with Crippen molar-refractivity contribution in [2.75, 3.05) is 18.8 Å². The van der Waals surface area contributed by atoms with Crippen LogP contribution in [-0.2, 0) is 30.4 Å². The minimum absolute atomic E-state index is 0.0489. The van der Waals surface area contributed by atoms with Gasteiger partial charge in [-0.2, -0.15) is 14.4 Å². The van der Waals surface area contributed by atoms with Crippen LogP contribution in [0.3, 0.4) is 0 Å². The highest BCUT2D eigenvalue weighted by Crippen LogP contribution is 2.31. The molecule has 172 valence electrons. The average molecular weight is 454 g/mol. The van der Waals surface area contributed by atoms with Crippen LogP contribution in [-0.4, -0.2) is 33.3 Å². The lowest BCUT2D eigenvalue weighted by molar-refractivity contribution is 0.198. The fourth-order valence-electron chi connectivity index (χ4n) is 3.61. The summed E-state index contributed by atoms with van der Waals surface area (Å²) in [7, 11) is 6.15. The summed E-state index contributed by atoms with van der Waals surface area (Å²) in [6, 6.07) is 16.9. The van der Waals surface area contributed by atoms with Gasteiger partial charge in [0.2, 0.25) is 4.90 Å². The third kappa shape index (κ3) is 5.20. The van der Waals surface area contributed by atoms with Gasteiger partial charge >= 0.3 is 11.4 Å². The van der Waals surface area contributed by atoms with E-state index in [1.807, 2.05) is 30.8 Å². The highest BCUT2D eigenvalue weighted by atomic mass is 32.2. The highest BCUT2D eigenvalue weighted by Gasteiger charge is 2.26. The van der Waals surface area contributed by atoms with E-state index in [1.165, 1.54) is 11.1 Å². The highest BCUT2D eigenvalue weighted by molar-refractivity contribution is 7.92. The largest absolute Gasteiger partial charge is 0.303 e. The van der Waals surface area contributed by atoms with Crippen molar-refractivity contribution in [3.8, 4) is 11.1 Å². The summed E-state index contributed by atoms with van der Waals surface area (Å²) in [5, 5.41) is 4.64. The molecule has 1 atom stereocenters. The molecule has 1 aromatic heterocycles. The standard InChI is InChI=1S/C26H37N4OS/c1-18(2)16-24-25(19(3)30(8)27-24)28-32(31)23-14-12-20(13-15-23)21-10-9-11-22(17-21)26(4,5)29(6)7/h9-15,17-18,28,31H,16H2,1-8H3/q+1. The van der Waals surface area contributed by atoms with Crippen molar-refractivity contribution in [2.24, 2.45) is 13.0 Å². The molecule has 2 N–H and O–H groups in total. The lowest BCUT2D eigenvalue weighted by Gasteiger charge is -2.33. The van der Waals surface area contributed by atoms with Crippen LogP contribution < -0.4 is 4.72 Å². The Balaban J connectivity index is 1.81. The molecule has 32 heavy (non-hydrogen) atoms. The van der Waals surface area contributed by atoms with E-state index in [9.17, 15) is 4.55 Å². The van der Waals surface area contributed by atoms with Crippen molar-refractivity contribution >= 4 is 17.0 Å². The monoisotopic (exact) mass is 453 g/mol. The van der Waals surface area contributed by atoms with E-state index in [0.717, 1.165) is 34.0 Å². The number of nitrogens with zero attached hydrogens (tertiary/aromatic N) is 3. The van der Waals surface area contributed by atoms with Crippen molar-refractivity contribution < 1.29 is 4.55 Å². The van der Waals surface area contributed by atoms with E-state index in [2.05, 4.69) is 92.9 Å². The van der Waals surface area contributed by atoms with Crippen LogP contribution in [0.15, 0.2) is 53.4 Å². The number of rotatable bonds is 8. The second-order valence-electron chi connectivity index (χ2n) is 9.57. The van der Waals surface area contributed by atoms with Crippen LogP contribution in [0.4, 0.5) is 5.69 Å². The van der Waals surface area contributed by atoms with E-state index < -0.39 is 11.4 Å². The lowest BCUT2D eigenvalue weighted by atomic mass is 9.90. The third-order valence-corrected chi connectivity index (χ3v) is 7.42. The molecule has 0 amide bonds. The van der Waals surface area contributed by atoms with Gasteiger partial charge in [-0.05, 0) is 94.2 Å². The zero-order valence-electron chi connectivity index (χ0n) is 20.6. The Hall–Kier alpha value is -2.28. The summed E-state index contributed by atoms with van der Waals surface area (Å²) >= 11 is -1.11. The number of nitrogens with one attached hydrogen (secondary N) is 1. The number of benzene rings is 2. The van der Waals surface area contributed by atoms with Gasteiger partial charge in [-0.3, -0.25) is 4.68 Å². The molecule has 3 rings (SSSR count). The van der Waals surface area contributed by atoms with Gasteiger partial charge in [-0.15, -0.1) is 0 Å². The SMILES string of the molecule is Cc1c(N[S+](O)c2ccc(-c3cccc(C(C)(C)N(C)C)c3)cc2)c(CC(C)C)nn1C. The quantitative estimate of drug-likeness (QED) is 0.419. The minimum atomic E-state index is -1.11. The van der Waals surface area contributed by atoms with Gasteiger partial charge in [0.1, 0.15) is 5.69 Å². The van der Waals surface area contributed by atoms with Gasteiger partial charge in [0.05, 0.1) is 11.4 Å². The Bertz CT molecular complexity index is 1050. The molecule has 3 aromatic rings. The molecule has 0 saturated carbocycles. The van der Waals surface area contributed by atoms with Gasteiger partial charge in [0, 0.05) is 12.6 Å². The zero-order valence-corrected chi connectivity index (χ0v) is 21.4. The molecule has 0 radical (unpaired) electrons. The summed E-state index contributed by atoms with van der Waals surface area (Å²) in [6.45, 7) is 10.8. The Kier molecular flexibility index (Phi) is 7.38. The van der Waals surface area contributed by atoms with E-state index in [4.69, 9.17) is 0 Å². The molecule has 0 fully saturated rings. The lowest BCUT2D eigenvalue weighted by Crippen LogP contribution is -2.35. The van der Waals surface area contributed by atoms with Crippen LogP contribution in [0, 0.1) is 12.8 Å². The molecule has 5 nitrogen and oxygen atoms in total. The van der Waals surface area contributed by atoms with Crippen molar-refractivity contribution in [3.05, 3.63) is 65.5 Å². The molecule has 2 aromatic carbocycles. The predicted molar refractivity (Wildman–Crippen MR) is 137 cm³/mol. The normalized spacial score (nSPS) is 13.1. The second-order valence-corrected chi connectivity index (χ2v) is 10.8. The Labute approximate surface area is 196 Å². The van der Waals surface area contributed by atoms with Gasteiger partial charge < -0.3 is 4.90 Å². The molecule has 0 spiro atoms. The van der Waals surface area contributed by atoms with Crippen LogP contribution in [0.1, 0.15) is 44.6 Å². The van der Waals surface area contributed by atoms with Crippen LogP contribution in [0.25, 0.3) is 11.1 Å². The van der Waals surface area contributed by atoms with Crippen LogP contribution in [0.2, 0.25) is 0 Å². The molecule has 1 heterocycles. The number of aromatic nitrogens is 2. The van der Waals surface area contributed by atoms with Crippen LogP contribution in [0.5, 0.6) is 0 Å². The first-order valence-corrected chi connectivity index (χ1v) is 12.3. The first-order chi connectivity index (χ1) is 15.0. The molecule has 0 aliphatic carbocycles. The van der Waals surface area contributed by atoms with Gasteiger partial charge in [-0.1, -0.05) is 32.0 Å². The molecule has 0 bridgehead atoms. The van der Waals surface area contributed by atoms with E-state index in [1.54, 1.807) is 0 Å². The van der Waals surface area contributed by atoms with Gasteiger partial charge in [0.15, 0.2) is 0 Å². The molecule has 0 aliphatic heterocycles. The fourth-order valence-corrected chi connectivity index (χ4v) is 4.58. The summed E-state index contributed by atoms with van der Waals surface area (Å²) in [5.41, 5.74) is 6.52. The molecule has 6 heteroatoms. The van der Waals surface area contributed by atoms with Gasteiger partial charge in [0.25, 0.3) is 0 Å². The summed E-state index contributed by atoms with van der Waals surface area (Å²) in [4.78, 5) is 3.09. The second kappa shape index (κ2) is 9.69. The number of hydrogen-bond donors (Lipinski definition) is 2. The third-order valence-electron chi connectivity index (χ3n) is 6.30. The topological polar surface area (TPSA) is 53.3 Å².